The predicted molar refractivity (Wildman–Crippen MR) is 182 cm³/mol. The number of ether oxygens (including phenoxy) is 3. The number of carbonyl (C=O) groups excluding carboxylic acids is 6. The largest absolute Gasteiger partial charge is 1.00 e. The first-order chi connectivity index (χ1) is 23.6. The van der Waals surface area contributed by atoms with Gasteiger partial charge in [0, 0.05) is 39.6 Å². The summed E-state index contributed by atoms with van der Waals surface area (Å²) in [5.41, 5.74) is 2.41. The van der Waals surface area contributed by atoms with E-state index in [4.69, 9.17) is 19.1 Å². The fraction of sp³-hybridized carbons (Fsp3) is 0.485. The number of benzene rings is 2. The average molecular weight is 799 g/mol. The van der Waals surface area contributed by atoms with Gasteiger partial charge in [-0.3, -0.25) is 14.4 Å². The fourth-order valence-electron chi connectivity index (χ4n) is 4.30. The van der Waals surface area contributed by atoms with Crippen molar-refractivity contribution >= 4 is 50.2 Å². The molecule has 2 rings (SSSR count). The minimum Gasteiger partial charge on any atom is -0.550 e. The van der Waals surface area contributed by atoms with Crippen molar-refractivity contribution in [2.45, 2.75) is 70.6 Å². The monoisotopic (exact) mass is 798 g/mol. The summed E-state index contributed by atoms with van der Waals surface area (Å²) in [7, 11) is -1.40. The number of sulfonamides is 2. The van der Waals surface area contributed by atoms with E-state index in [0.29, 0.717) is 40.2 Å². The number of Topliss-reactive ketones (excluding diaryl/α,β-unsaturated/α-hetero) is 2. The summed E-state index contributed by atoms with van der Waals surface area (Å²) in [6, 6.07) is 6.68. The third-order valence-electron chi connectivity index (χ3n) is 6.71. The molecule has 16 nitrogen and oxygen atoms in total. The maximum Gasteiger partial charge on any atom is 1.00 e. The van der Waals surface area contributed by atoms with Crippen molar-refractivity contribution in [2.75, 3.05) is 48.0 Å². The number of aliphatic carboxylic acids is 1. The Bertz CT molecular complexity index is 1690. The van der Waals surface area contributed by atoms with Crippen molar-refractivity contribution in [3.8, 4) is 11.5 Å². The van der Waals surface area contributed by atoms with Crippen LogP contribution in [0.3, 0.4) is 0 Å². The molecule has 0 bridgehead atoms. The molecule has 0 aliphatic heterocycles. The van der Waals surface area contributed by atoms with Crippen LogP contribution in [-0.2, 0) is 53.6 Å². The molecule has 0 fully saturated rings. The Balaban J connectivity index is -0.000000757. The van der Waals surface area contributed by atoms with Gasteiger partial charge in [-0.05, 0) is 87.6 Å². The van der Waals surface area contributed by atoms with Gasteiger partial charge in [0.25, 0.3) is 6.47 Å². The molecule has 2 aromatic rings. The molecule has 2 aromatic carbocycles. The van der Waals surface area contributed by atoms with Crippen molar-refractivity contribution in [1.29, 1.82) is 0 Å². The Morgan fingerprint density at radius 2 is 1.12 bits per heavy atom. The minimum atomic E-state index is -3.71. The first-order valence-corrected chi connectivity index (χ1v) is 18.0. The third kappa shape index (κ3) is 18.8. The molecule has 0 unspecified atom stereocenters. The summed E-state index contributed by atoms with van der Waals surface area (Å²) in [5, 5.41) is 9.26. The van der Waals surface area contributed by atoms with Gasteiger partial charge in [0.05, 0.1) is 30.4 Å². The zero-order valence-electron chi connectivity index (χ0n) is 31.6. The van der Waals surface area contributed by atoms with Crippen molar-refractivity contribution in [3.63, 3.8) is 0 Å². The second kappa shape index (κ2) is 26.8. The number of carbonyl (C=O) groups is 4. The van der Waals surface area contributed by atoms with Crippen molar-refractivity contribution in [2.24, 2.45) is 0 Å². The van der Waals surface area contributed by atoms with E-state index < -0.39 is 26.0 Å². The Kier molecular flexibility index (Phi) is 27.6. The number of nitrogens with zero attached hydrogens (tertiary/aromatic N) is 2. The van der Waals surface area contributed by atoms with Crippen LogP contribution in [-0.4, -0.2) is 104 Å². The van der Waals surface area contributed by atoms with Crippen LogP contribution in [0.15, 0.2) is 34.1 Å². The van der Waals surface area contributed by atoms with E-state index in [2.05, 4.69) is 4.74 Å². The molecule has 0 amide bonds. The van der Waals surface area contributed by atoms with Crippen LogP contribution in [0.5, 0.6) is 11.5 Å². The summed E-state index contributed by atoms with van der Waals surface area (Å²) < 4.78 is 67.5. The predicted octanol–water partition coefficient (Wildman–Crippen LogP) is -1.46. The molecule has 286 valence electrons. The number of likely N-dealkylation sites (N-methyl/N-ethyl adjacent to an activating group) is 1. The zero-order valence-corrected chi connectivity index (χ0v) is 36.3. The topological polar surface area (TPSA) is 228 Å². The Morgan fingerprint density at radius 3 is 1.38 bits per heavy atom. The number of hydrogen-bond acceptors (Lipinski definition) is 14. The molecule has 0 aliphatic rings. The van der Waals surface area contributed by atoms with Gasteiger partial charge < -0.3 is 24.1 Å². The molecule has 0 saturated heterocycles. The molecule has 0 atom stereocenters. The molecule has 0 radical (unpaired) electrons. The van der Waals surface area contributed by atoms with Gasteiger partial charge in [0.15, 0.2) is 0 Å². The molecular weight excluding hydrogens is 752 g/mol. The van der Waals surface area contributed by atoms with Gasteiger partial charge in [-0.15, -0.1) is 0 Å². The summed E-state index contributed by atoms with van der Waals surface area (Å²) in [6.07, 6.45) is 0.220. The van der Waals surface area contributed by atoms with Crippen LogP contribution in [0.1, 0.15) is 55.4 Å². The average Bonchev–Trinajstić information content (AvgIpc) is 3.03. The van der Waals surface area contributed by atoms with E-state index in [1.165, 1.54) is 42.2 Å². The standard InChI is InChI=1S/C16H23NO5S.C13H19NO5S.C3H6O2.CO2.K/c1-11-8-15(22-5)9-12(2)16(11)23(20,21)17(4)7-6-14(19)10-13(3)18;1-10-7-12(18-4)8-11(2)13(10)20(16,17)14(3)5-6-19-9-15;1-2-3(4)5;2-1-3;/h8-9H,6-7,10H2,1-5H3;7-9H,5-6H2,1-4H3;2H2,1H3,(H,4,5);;/q;;;;+1/p-1. The van der Waals surface area contributed by atoms with E-state index >= 15 is 0 Å². The molecule has 0 spiro atoms. The van der Waals surface area contributed by atoms with E-state index in [9.17, 15) is 41.1 Å². The van der Waals surface area contributed by atoms with Gasteiger partial charge in [0.1, 0.15) is 29.7 Å². The van der Waals surface area contributed by atoms with Crippen LogP contribution < -0.4 is 66.0 Å². The SMILES string of the molecule is CCC(=O)[O-].COc1cc(C)c(S(=O)(=O)N(C)CCC(=O)CC(C)=O)c(C)c1.COc1cc(C)c(S(=O)(=O)N(C)CCOC=O)c(C)c1.O=C=O.[K+]. The summed E-state index contributed by atoms with van der Waals surface area (Å²) in [4.78, 5) is 58.5. The Labute approximate surface area is 348 Å². The number of ketones is 2. The zero-order chi connectivity index (χ0) is 40.1. The van der Waals surface area contributed by atoms with Crippen molar-refractivity contribution < 1.29 is 116 Å². The van der Waals surface area contributed by atoms with Crippen LogP contribution in [0.25, 0.3) is 0 Å². The van der Waals surface area contributed by atoms with Crippen LogP contribution in [0.2, 0.25) is 0 Å². The normalized spacial score (nSPS) is 10.4. The van der Waals surface area contributed by atoms with Crippen LogP contribution >= 0.6 is 0 Å². The minimum absolute atomic E-state index is 0. The smallest absolute Gasteiger partial charge is 0.550 e. The summed E-state index contributed by atoms with van der Waals surface area (Å²) in [6.45, 7) is 10.2. The molecular formula is C33H47KN2O14S2. The van der Waals surface area contributed by atoms with E-state index in [0.717, 1.165) is 8.61 Å². The molecule has 19 heteroatoms. The summed E-state index contributed by atoms with van der Waals surface area (Å²) >= 11 is 0. The molecule has 0 aromatic heterocycles. The number of aryl methyl sites for hydroxylation is 4. The molecule has 52 heavy (non-hydrogen) atoms. The molecule has 0 heterocycles. The third-order valence-corrected chi connectivity index (χ3v) is 11.0. The number of methoxy groups -OCH3 is 2. The van der Waals surface area contributed by atoms with Gasteiger partial charge in [-0.1, -0.05) is 6.92 Å². The van der Waals surface area contributed by atoms with E-state index in [1.54, 1.807) is 52.0 Å². The molecule has 0 N–H and O–H groups in total. The van der Waals surface area contributed by atoms with Crippen LogP contribution in [0, 0.1) is 27.7 Å². The number of carboxylic acids is 1. The Hall–Kier alpha value is -2.84. The van der Waals surface area contributed by atoms with Gasteiger partial charge in [-0.2, -0.15) is 13.9 Å². The number of hydrogen-bond donors (Lipinski definition) is 0. The van der Waals surface area contributed by atoms with E-state index in [-0.39, 0.29) is 118 Å². The quantitative estimate of drug-likeness (QED) is 0.0819. The van der Waals surface area contributed by atoms with Gasteiger partial charge in [-0.25, -0.2) is 21.1 Å². The van der Waals surface area contributed by atoms with Gasteiger partial charge in [0.2, 0.25) is 20.0 Å². The first kappa shape index (κ1) is 53.5. The second-order valence-electron chi connectivity index (χ2n) is 10.8. The van der Waals surface area contributed by atoms with Crippen molar-refractivity contribution in [3.05, 3.63) is 46.5 Å². The van der Waals surface area contributed by atoms with Crippen molar-refractivity contribution in [1.82, 2.24) is 8.61 Å². The number of rotatable bonds is 16. The number of carboxylic acid groups (broad SMARTS) is 1. The molecule has 0 saturated carbocycles. The maximum atomic E-state index is 12.7. The van der Waals surface area contributed by atoms with Gasteiger partial charge >= 0.3 is 57.5 Å². The van der Waals surface area contributed by atoms with Crippen LogP contribution in [0.4, 0.5) is 0 Å². The first-order valence-electron chi connectivity index (χ1n) is 15.1. The maximum absolute atomic E-state index is 12.7. The Morgan fingerprint density at radius 1 is 0.788 bits per heavy atom. The molecule has 0 aliphatic carbocycles. The summed E-state index contributed by atoms with van der Waals surface area (Å²) in [5.74, 6) is -0.265. The second-order valence-corrected chi connectivity index (χ2v) is 14.7. The fourth-order valence-corrected chi connectivity index (χ4v) is 7.43. The van der Waals surface area contributed by atoms with E-state index in [1.807, 2.05) is 0 Å².